The van der Waals surface area contributed by atoms with Gasteiger partial charge in [-0.15, -0.1) is 0 Å². The summed E-state index contributed by atoms with van der Waals surface area (Å²) in [5.41, 5.74) is 6.17. The number of hydrogen-bond donors (Lipinski definition) is 1. The molecule has 0 radical (unpaired) electrons. The molecule has 0 aliphatic heterocycles. The SMILES string of the molecule is COc1c(Cl)cnc(C(=O)CN)c1C. The zero-order chi connectivity index (χ0) is 10.7. The molecule has 1 rings (SSSR count). The van der Waals surface area contributed by atoms with E-state index < -0.39 is 0 Å². The molecule has 14 heavy (non-hydrogen) atoms. The second kappa shape index (κ2) is 4.39. The largest absolute Gasteiger partial charge is 0.495 e. The highest BCUT2D eigenvalue weighted by Crippen LogP contribution is 2.28. The number of carbonyl (C=O) groups excluding carboxylic acids is 1. The Morgan fingerprint density at radius 3 is 2.86 bits per heavy atom. The van der Waals surface area contributed by atoms with Crippen molar-refractivity contribution in [2.24, 2.45) is 5.73 Å². The molecule has 0 fully saturated rings. The fraction of sp³-hybridized carbons (Fsp3) is 0.333. The standard InChI is InChI=1S/C9H11ClN2O2/c1-5-8(7(13)3-11)12-4-6(10)9(5)14-2/h4H,3,11H2,1-2H3. The van der Waals surface area contributed by atoms with Crippen molar-refractivity contribution in [3.8, 4) is 5.75 Å². The number of ketones is 1. The van der Waals surface area contributed by atoms with Crippen LogP contribution in [0.25, 0.3) is 0 Å². The molecule has 0 aromatic carbocycles. The first-order valence-electron chi connectivity index (χ1n) is 4.04. The molecule has 0 bridgehead atoms. The van der Waals surface area contributed by atoms with Crippen LogP contribution in [0.3, 0.4) is 0 Å². The van der Waals surface area contributed by atoms with Crippen LogP contribution in [-0.4, -0.2) is 24.4 Å². The third-order valence-electron chi connectivity index (χ3n) is 1.87. The van der Waals surface area contributed by atoms with Crippen LogP contribution in [0.1, 0.15) is 16.1 Å². The topological polar surface area (TPSA) is 65.2 Å². The summed E-state index contributed by atoms with van der Waals surface area (Å²) in [5.74, 6) is 0.246. The summed E-state index contributed by atoms with van der Waals surface area (Å²) >= 11 is 5.82. The summed E-state index contributed by atoms with van der Waals surface area (Å²) in [5, 5.41) is 0.388. The van der Waals surface area contributed by atoms with Crippen molar-refractivity contribution < 1.29 is 9.53 Å². The molecule has 5 heteroatoms. The maximum Gasteiger partial charge on any atom is 0.195 e. The smallest absolute Gasteiger partial charge is 0.195 e. The number of Topliss-reactive ketones (excluding diaryl/α,β-unsaturated/α-hetero) is 1. The number of rotatable bonds is 3. The second-order valence-electron chi connectivity index (χ2n) is 2.74. The van der Waals surface area contributed by atoms with Crippen LogP contribution in [-0.2, 0) is 0 Å². The molecule has 1 aromatic heterocycles. The molecule has 0 saturated heterocycles. The lowest BCUT2D eigenvalue weighted by Crippen LogP contribution is -2.16. The van der Waals surface area contributed by atoms with Crippen LogP contribution >= 0.6 is 11.6 Å². The summed E-state index contributed by atoms with van der Waals surface area (Å²) < 4.78 is 5.05. The van der Waals surface area contributed by atoms with Gasteiger partial charge < -0.3 is 10.5 Å². The van der Waals surface area contributed by atoms with E-state index in [1.165, 1.54) is 13.3 Å². The van der Waals surface area contributed by atoms with Crippen LogP contribution in [0.5, 0.6) is 5.75 Å². The Hall–Kier alpha value is -1.13. The van der Waals surface area contributed by atoms with Gasteiger partial charge in [0.1, 0.15) is 16.5 Å². The Morgan fingerprint density at radius 1 is 1.71 bits per heavy atom. The van der Waals surface area contributed by atoms with Gasteiger partial charge in [0.25, 0.3) is 0 Å². The molecule has 1 heterocycles. The molecule has 0 aliphatic carbocycles. The first-order valence-corrected chi connectivity index (χ1v) is 4.42. The molecule has 4 nitrogen and oxygen atoms in total. The van der Waals surface area contributed by atoms with Crippen LogP contribution in [0.2, 0.25) is 5.02 Å². The van der Waals surface area contributed by atoms with Crippen molar-refractivity contribution in [1.29, 1.82) is 0 Å². The average Bonchev–Trinajstić information content (AvgIpc) is 2.18. The molecule has 0 amide bonds. The van der Waals surface area contributed by atoms with E-state index in [1.54, 1.807) is 6.92 Å². The third-order valence-corrected chi connectivity index (χ3v) is 2.14. The van der Waals surface area contributed by atoms with Gasteiger partial charge in [-0.3, -0.25) is 9.78 Å². The number of hydrogen-bond acceptors (Lipinski definition) is 4. The first-order chi connectivity index (χ1) is 6.61. The summed E-state index contributed by atoms with van der Waals surface area (Å²) in [6.45, 7) is 1.65. The highest BCUT2D eigenvalue weighted by Gasteiger charge is 2.15. The number of aromatic nitrogens is 1. The van der Waals surface area contributed by atoms with Crippen molar-refractivity contribution in [1.82, 2.24) is 4.98 Å². The van der Waals surface area contributed by atoms with E-state index in [0.29, 0.717) is 22.0 Å². The van der Waals surface area contributed by atoms with Crippen LogP contribution in [0.15, 0.2) is 6.20 Å². The molecule has 76 valence electrons. The zero-order valence-corrected chi connectivity index (χ0v) is 8.76. The molecule has 1 aromatic rings. The van der Waals surface area contributed by atoms with Crippen LogP contribution in [0.4, 0.5) is 0 Å². The molecule has 0 saturated carbocycles. The van der Waals surface area contributed by atoms with E-state index >= 15 is 0 Å². The lowest BCUT2D eigenvalue weighted by molar-refractivity contribution is 0.0995. The summed E-state index contributed by atoms with van der Waals surface area (Å²) in [6, 6.07) is 0. The predicted octanol–water partition coefficient (Wildman–Crippen LogP) is 1.19. The monoisotopic (exact) mass is 214 g/mol. The molecular weight excluding hydrogens is 204 g/mol. The number of nitrogens with zero attached hydrogens (tertiary/aromatic N) is 1. The van der Waals surface area contributed by atoms with E-state index in [1.807, 2.05) is 0 Å². The Labute approximate surface area is 87.0 Å². The minimum Gasteiger partial charge on any atom is -0.495 e. The molecule has 0 aliphatic rings. The third kappa shape index (κ3) is 1.86. The highest BCUT2D eigenvalue weighted by atomic mass is 35.5. The number of nitrogens with two attached hydrogens (primary N) is 1. The number of methoxy groups -OCH3 is 1. The molecule has 0 atom stereocenters. The zero-order valence-electron chi connectivity index (χ0n) is 8.00. The number of halogens is 1. The Morgan fingerprint density at radius 2 is 2.36 bits per heavy atom. The quantitative estimate of drug-likeness (QED) is 0.768. The highest BCUT2D eigenvalue weighted by molar-refractivity contribution is 6.32. The molecule has 2 N–H and O–H groups in total. The van der Waals surface area contributed by atoms with Crippen LogP contribution < -0.4 is 10.5 Å². The number of carbonyl (C=O) groups is 1. The Kier molecular flexibility index (Phi) is 3.43. The van der Waals surface area contributed by atoms with Crippen molar-refractivity contribution in [3.05, 3.63) is 22.5 Å². The van der Waals surface area contributed by atoms with Gasteiger partial charge in [0, 0.05) is 5.56 Å². The number of pyridine rings is 1. The van der Waals surface area contributed by atoms with Gasteiger partial charge >= 0.3 is 0 Å². The maximum absolute atomic E-state index is 11.3. The fourth-order valence-electron chi connectivity index (χ4n) is 1.19. The Balaban J connectivity index is 3.28. The van der Waals surface area contributed by atoms with E-state index in [4.69, 9.17) is 22.1 Å². The minimum absolute atomic E-state index is 0.0708. The van der Waals surface area contributed by atoms with Crippen molar-refractivity contribution in [2.45, 2.75) is 6.92 Å². The predicted molar refractivity (Wildman–Crippen MR) is 53.9 cm³/mol. The van der Waals surface area contributed by atoms with Crippen molar-refractivity contribution in [2.75, 3.05) is 13.7 Å². The lowest BCUT2D eigenvalue weighted by Gasteiger charge is -2.09. The average molecular weight is 215 g/mol. The molecule has 0 spiro atoms. The fourth-order valence-corrected chi connectivity index (χ4v) is 1.46. The van der Waals surface area contributed by atoms with Crippen molar-refractivity contribution in [3.63, 3.8) is 0 Å². The van der Waals surface area contributed by atoms with E-state index in [-0.39, 0.29) is 12.3 Å². The van der Waals surface area contributed by atoms with Gasteiger partial charge in [0.15, 0.2) is 5.78 Å². The normalized spacial score (nSPS) is 10.0. The number of ether oxygens (including phenoxy) is 1. The van der Waals surface area contributed by atoms with Crippen LogP contribution in [0, 0.1) is 6.92 Å². The molecular formula is C9H11ClN2O2. The lowest BCUT2D eigenvalue weighted by atomic mass is 10.1. The van der Waals surface area contributed by atoms with E-state index in [2.05, 4.69) is 4.98 Å². The van der Waals surface area contributed by atoms with E-state index in [9.17, 15) is 4.79 Å². The van der Waals surface area contributed by atoms with Gasteiger partial charge in [-0.05, 0) is 6.92 Å². The Bertz CT molecular complexity index is 366. The van der Waals surface area contributed by atoms with Gasteiger partial charge in [0.05, 0.1) is 19.9 Å². The first kappa shape index (κ1) is 10.9. The van der Waals surface area contributed by atoms with Gasteiger partial charge in [-0.2, -0.15) is 0 Å². The second-order valence-corrected chi connectivity index (χ2v) is 3.15. The van der Waals surface area contributed by atoms with Gasteiger partial charge in [-0.25, -0.2) is 0 Å². The maximum atomic E-state index is 11.3. The van der Waals surface area contributed by atoms with E-state index in [0.717, 1.165) is 0 Å². The van der Waals surface area contributed by atoms with Gasteiger partial charge in [0.2, 0.25) is 0 Å². The minimum atomic E-state index is -0.225. The van der Waals surface area contributed by atoms with Gasteiger partial charge in [-0.1, -0.05) is 11.6 Å². The summed E-state index contributed by atoms with van der Waals surface area (Å²) in [4.78, 5) is 15.2. The van der Waals surface area contributed by atoms with Crippen molar-refractivity contribution >= 4 is 17.4 Å². The summed E-state index contributed by atoms with van der Waals surface area (Å²) in [6.07, 6.45) is 1.39. The summed E-state index contributed by atoms with van der Waals surface area (Å²) in [7, 11) is 1.49. The molecule has 0 unspecified atom stereocenters.